The van der Waals surface area contributed by atoms with Gasteiger partial charge in [-0.1, -0.05) is 27.2 Å². The average molecular weight is 252 g/mol. The number of rotatable bonds is 7. The molecule has 0 bridgehead atoms. The first kappa shape index (κ1) is 15.7. The quantitative estimate of drug-likeness (QED) is 0.638. The van der Waals surface area contributed by atoms with Crippen LogP contribution in [0.5, 0.6) is 0 Å². The van der Waals surface area contributed by atoms with Crippen molar-refractivity contribution in [2.45, 2.75) is 71.8 Å². The predicted molar refractivity (Wildman–Crippen MR) is 75.0 cm³/mol. The Labute approximate surface area is 112 Å². The standard InChI is InChI=1S/C16H28O2/c1-16(2,3)14(13-17)9-7-8-12-18-15-10-5-4-6-11-15/h4,14-15H,5-12H2,1-3H3. The summed E-state index contributed by atoms with van der Waals surface area (Å²) in [6.07, 6.45) is 12.9. The zero-order valence-corrected chi connectivity index (χ0v) is 12.2. The lowest BCUT2D eigenvalue weighted by atomic mass is 9.79. The first-order valence-corrected chi connectivity index (χ1v) is 7.35. The molecule has 0 heterocycles. The van der Waals surface area contributed by atoms with Gasteiger partial charge in [-0.15, -0.1) is 0 Å². The second-order valence-electron chi connectivity index (χ2n) is 6.47. The van der Waals surface area contributed by atoms with Gasteiger partial charge in [0, 0.05) is 12.5 Å². The molecule has 0 aromatic carbocycles. The van der Waals surface area contributed by atoms with Crippen molar-refractivity contribution in [3.05, 3.63) is 6.42 Å². The first-order chi connectivity index (χ1) is 8.54. The van der Waals surface area contributed by atoms with E-state index >= 15 is 0 Å². The van der Waals surface area contributed by atoms with Gasteiger partial charge in [-0.3, -0.25) is 4.79 Å². The molecule has 0 aromatic heterocycles. The molecule has 0 N–H and O–H groups in total. The number of ether oxygens (including phenoxy) is 1. The van der Waals surface area contributed by atoms with Crippen LogP contribution in [0.15, 0.2) is 0 Å². The average Bonchev–Trinajstić information content (AvgIpc) is 2.33. The Bertz CT molecular complexity index is 224. The molecule has 0 saturated heterocycles. The molecule has 2 nitrogen and oxygen atoms in total. The Hall–Kier alpha value is -0.370. The van der Waals surface area contributed by atoms with Gasteiger partial charge in [0.25, 0.3) is 0 Å². The lowest BCUT2D eigenvalue weighted by molar-refractivity contribution is 0.0320. The number of hydrogen-bond donors (Lipinski definition) is 0. The van der Waals surface area contributed by atoms with Gasteiger partial charge < -0.3 is 4.74 Å². The van der Waals surface area contributed by atoms with Gasteiger partial charge in [0.1, 0.15) is 0 Å². The fourth-order valence-electron chi connectivity index (χ4n) is 2.43. The highest BCUT2D eigenvalue weighted by Crippen LogP contribution is 2.28. The molecule has 1 saturated carbocycles. The van der Waals surface area contributed by atoms with Gasteiger partial charge in [0.05, 0.1) is 6.10 Å². The topological polar surface area (TPSA) is 26.3 Å². The summed E-state index contributed by atoms with van der Waals surface area (Å²) >= 11 is 0. The van der Waals surface area contributed by atoms with E-state index in [0.29, 0.717) is 6.10 Å². The number of hydrogen-bond acceptors (Lipinski definition) is 2. The highest BCUT2D eigenvalue weighted by atomic mass is 16.5. The van der Waals surface area contributed by atoms with Crippen molar-refractivity contribution in [2.75, 3.05) is 6.61 Å². The van der Waals surface area contributed by atoms with Crippen LogP contribution in [0.4, 0.5) is 0 Å². The van der Waals surface area contributed by atoms with Crippen molar-refractivity contribution in [2.24, 2.45) is 11.3 Å². The molecule has 1 rings (SSSR count). The van der Waals surface area contributed by atoms with Crippen LogP contribution in [-0.4, -0.2) is 19.0 Å². The Kier molecular flexibility index (Phi) is 6.91. The lowest BCUT2D eigenvalue weighted by Crippen LogP contribution is -2.22. The monoisotopic (exact) mass is 252 g/mol. The van der Waals surface area contributed by atoms with Crippen molar-refractivity contribution in [3.63, 3.8) is 0 Å². The second-order valence-corrected chi connectivity index (χ2v) is 6.47. The van der Waals surface area contributed by atoms with E-state index in [-0.39, 0.29) is 11.3 Å². The smallest absolute Gasteiger partial charge is 0.202 e. The molecule has 1 unspecified atom stereocenters. The highest BCUT2D eigenvalue weighted by Gasteiger charge is 2.24. The molecule has 2 heteroatoms. The second kappa shape index (κ2) is 7.93. The summed E-state index contributed by atoms with van der Waals surface area (Å²) in [5.74, 6) is 0.0572. The van der Waals surface area contributed by atoms with E-state index in [1.54, 1.807) is 0 Å². The van der Waals surface area contributed by atoms with Gasteiger partial charge in [0.15, 0.2) is 0 Å². The minimum Gasteiger partial charge on any atom is -0.378 e. The number of unbranched alkanes of at least 4 members (excludes halogenated alkanes) is 1. The van der Waals surface area contributed by atoms with E-state index in [2.05, 4.69) is 33.5 Å². The molecule has 0 aliphatic heterocycles. The summed E-state index contributed by atoms with van der Waals surface area (Å²) in [4.78, 5) is 10.9. The van der Waals surface area contributed by atoms with Crippen LogP contribution >= 0.6 is 0 Å². The van der Waals surface area contributed by atoms with E-state index in [0.717, 1.165) is 25.9 Å². The van der Waals surface area contributed by atoms with Crippen molar-refractivity contribution < 1.29 is 9.53 Å². The van der Waals surface area contributed by atoms with Gasteiger partial charge >= 0.3 is 0 Å². The van der Waals surface area contributed by atoms with E-state index in [1.807, 2.05) is 0 Å². The van der Waals surface area contributed by atoms with Gasteiger partial charge in [-0.05, 0) is 50.4 Å². The Morgan fingerprint density at radius 1 is 1.28 bits per heavy atom. The van der Waals surface area contributed by atoms with Crippen molar-refractivity contribution in [1.29, 1.82) is 0 Å². The largest absolute Gasteiger partial charge is 0.378 e. The minimum absolute atomic E-state index is 0.0435. The summed E-state index contributed by atoms with van der Waals surface area (Å²) in [7, 11) is 0. The fraction of sp³-hybridized carbons (Fsp3) is 0.875. The third-order valence-corrected chi connectivity index (χ3v) is 3.81. The fourth-order valence-corrected chi connectivity index (χ4v) is 2.43. The van der Waals surface area contributed by atoms with E-state index in [9.17, 15) is 4.79 Å². The maximum atomic E-state index is 10.9. The molecule has 1 aliphatic rings. The van der Waals surface area contributed by atoms with Gasteiger partial charge in [0.2, 0.25) is 6.29 Å². The first-order valence-electron chi connectivity index (χ1n) is 7.35. The van der Waals surface area contributed by atoms with Crippen molar-refractivity contribution in [1.82, 2.24) is 0 Å². The van der Waals surface area contributed by atoms with Crippen LogP contribution in [0.3, 0.4) is 0 Å². The summed E-state index contributed by atoms with van der Waals surface area (Å²) in [6.45, 7) is 7.17. The van der Waals surface area contributed by atoms with Crippen LogP contribution in [0.1, 0.15) is 65.7 Å². The van der Waals surface area contributed by atoms with E-state index in [1.165, 1.54) is 25.7 Å². The van der Waals surface area contributed by atoms with Crippen LogP contribution in [0, 0.1) is 17.8 Å². The maximum absolute atomic E-state index is 10.9. The van der Waals surface area contributed by atoms with E-state index < -0.39 is 0 Å². The van der Waals surface area contributed by atoms with Gasteiger partial charge in [-0.2, -0.15) is 0 Å². The summed E-state index contributed by atoms with van der Waals surface area (Å²) in [6, 6.07) is 0. The molecule has 0 spiro atoms. The normalized spacial score (nSPS) is 19.7. The zero-order valence-electron chi connectivity index (χ0n) is 12.2. The van der Waals surface area contributed by atoms with Crippen molar-refractivity contribution in [3.8, 4) is 0 Å². The molecule has 1 aliphatic carbocycles. The Morgan fingerprint density at radius 3 is 2.50 bits per heavy atom. The summed E-state index contributed by atoms with van der Waals surface area (Å²) in [5.41, 5.74) is 0.0435. The minimum atomic E-state index is 0.0435. The number of carbonyl (C=O) groups excluding carboxylic acids is 1. The molecule has 18 heavy (non-hydrogen) atoms. The molecule has 1 fully saturated rings. The molecular formula is C16H28O2. The van der Waals surface area contributed by atoms with Crippen LogP contribution in [0.2, 0.25) is 0 Å². The highest BCUT2D eigenvalue weighted by molar-refractivity contribution is 5.55. The van der Waals surface area contributed by atoms with E-state index in [4.69, 9.17) is 4.74 Å². The predicted octanol–water partition coefficient (Wildman–Crippen LogP) is 4.09. The molecule has 1 atom stereocenters. The zero-order chi connectivity index (χ0) is 13.4. The molecule has 104 valence electrons. The Balaban J connectivity index is 2.05. The van der Waals surface area contributed by atoms with Crippen LogP contribution < -0.4 is 0 Å². The summed E-state index contributed by atoms with van der Waals surface area (Å²) < 4.78 is 5.87. The Morgan fingerprint density at radius 2 is 1.94 bits per heavy atom. The third kappa shape index (κ3) is 5.99. The SMILES string of the molecule is CC(C)(C)C([C]=O)CCCCOC1CC[CH]CC1. The third-order valence-electron chi connectivity index (χ3n) is 3.81. The van der Waals surface area contributed by atoms with Crippen LogP contribution in [-0.2, 0) is 9.53 Å². The molecule has 0 aromatic rings. The lowest BCUT2D eigenvalue weighted by Gasteiger charge is -2.25. The molecule has 2 radical (unpaired) electrons. The van der Waals surface area contributed by atoms with Gasteiger partial charge in [-0.25, -0.2) is 0 Å². The molecular weight excluding hydrogens is 224 g/mol. The van der Waals surface area contributed by atoms with Crippen LogP contribution in [0.25, 0.3) is 0 Å². The summed E-state index contributed by atoms with van der Waals surface area (Å²) in [5, 5.41) is 0. The van der Waals surface area contributed by atoms with Crippen molar-refractivity contribution >= 4 is 6.29 Å². The molecule has 0 amide bonds. The maximum Gasteiger partial charge on any atom is 0.202 e.